The van der Waals surface area contributed by atoms with Gasteiger partial charge in [0.25, 0.3) is 17.1 Å². The first-order valence-corrected chi connectivity index (χ1v) is 30.9. The van der Waals surface area contributed by atoms with E-state index in [4.69, 9.17) is 28.7 Å². The van der Waals surface area contributed by atoms with Gasteiger partial charge in [0.1, 0.15) is 8.07 Å². The van der Waals surface area contributed by atoms with Crippen molar-refractivity contribution < 1.29 is 14.8 Å². The van der Waals surface area contributed by atoms with Crippen molar-refractivity contribution in [3.63, 3.8) is 0 Å². The maximum Gasteiger partial charge on any atom is 0.271 e. The molecule has 12 N–H and O–H groups in total. The Labute approximate surface area is 488 Å². The number of hydrogen-bond donors (Lipinski definition) is 7. The minimum atomic E-state index is -1.45. The normalized spacial score (nSPS) is 8.63. The highest BCUT2D eigenvalue weighted by molar-refractivity contribution is 9.11. The lowest BCUT2D eigenvalue weighted by molar-refractivity contribution is -0.385. The SMILES string of the molecule is C=CC.CC.CC.CC.CC.CC.CC.C[Si](C)(C)C#Cc1ccc([N+](=O)[O-])cc1N.Nc1cc([N+](=O)[O-])ccc1Br.Nc1ccc2cc[nH]c2c1.Nc1ccccc1.Nc1ccccc1Br.O=[N+]([O-])c1ccc2cc[nH]c2c1. The van der Waals surface area contributed by atoms with Crippen LogP contribution in [-0.2, 0) is 0 Å². The van der Waals surface area contributed by atoms with Crippen molar-refractivity contribution in [3.8, 4) is 11.5 Å². The quantitative estimate of drug-likeness (QED) is 0.0218. The molecule has 0 radical (unpaired) electrons. The van der Waals surface area contributed by atoms with E-state index < -0.39 is 22.8 Å². The van der Waals surface area contributed by atoms with Crippen molar-refractivity contribution in [1.82, 2.24) is 9.97 Å². The zero-order chi connectivity index (χ0) is 62.1. The maximum absolute atomic E-state index is 10.5. The first-order valence-electron chi connectivity index (χ1n) is 25.8. The minimum absolute atomic E-state index is 0.00365. The number of anilines is 5. The molecule has 0 fully saturated rings. The van der Waals surface area contributed by atoms with Gasteiger partial charge in [-0.15, -0.1) is 12.1 Å². The molecule has 0 saturated heterocycles. The number of nitrogens with one attached hydrogen (secondary N) is 2. The average molecular weight is 1230 g/mol. The molecule has 0 saturated carbocycles. The molecular formula is C60H88Br2N10O6Si. The molecule has 0 aliphatic carbocycles. The zero-order valence-corrected chi connectivity index (χ0v) is 53.3. The van der Waals surface area contributed by atoms with Crippen molar-refractivity contribution >= 4 is 107 Å². The predicted octanol–water partition coefficient (Wildman–Crippen LogP) is 18.8. The van der Waals surface area contributed by atoms with Gasteiger partial charge in [0, 0.05) is 85.9 Å². The summed E-state index contributed by atoms with van der Waals surface area (Å²) in [7, 11) is -1.45. The van der Waals surface area contributed by atoms with Gasteiger partial charge in [-0.2, -0.15) is 0 Å². The van der Waals surface area contributed by atoms with E-state index in [1.54, 1.807) is 30.5 Å². The van der Waals surface area contributed by atoms with E-state index in [-0.39, 0.29) is 17.1 Å². The molecule has 0 unspecified atom stereocenters. The molecule has 16 nitrogen and oxygen atoms in total. The molecule has 2 aromatic heterocycles. The number of nitrogens with zero attached hydrogens (tertiary/aromatic N) is 3. The number of fused-ring (bicyclic) bond motifs is 2. The molecule has 0 amide bonds. The molecule has 0 aliphatic rings. The van der Waals surface area contributed by atoms with Crippen LogP contribution in [0.3, 0.4) is 0 Å². The third kappa shape index (κ3) is 37.5. The highest BCUT2D eigenvalue weighted by Crippen LogP contribution is 2.24. The van der Waals surface area contributed by atoms with E-state index in [1.165, 1.54) is 41.8 Å². The Kier molecular flexibility index (Phi) is 50.2. The van der Waals surface area contributed by atoms with Crippen molar-refractivity contribution in [3.05, 3.63) is 209 Å². The highest BCUT2D eigenvalue weighted by atomic mass is 79.9. The van der Waals surface area contributed by atoms with Crippen LogP contribution >= 0.6 is 31.9 Å². The Hall–Kier alpha value is -7.92. The number of non-ortho nitro benzene ring substituents is 3. The monoisotopic (exact) mass is 1230 g/mol. The second-order valence-electron chi connectivity index (χ2n) is 14.7. The van der Waals surface area contributed by atoms with Gasteiger partial charge in [-0.25, -0.2) is 0 Å². The Bertz CT molecular complexity index is 2910. The number of nitrogens with two attached hydrogens (primary N) is 5. The van der Waals surface area contributed by atoms with Crippen LogP contribution in [0.4, 0.5) is 45.5 Å². The van der Waals surface area contributed by atoms with Crippen LogP contribution in [0.5, 0.6) is 0 Å². The molecule has 0 bridgehead atoms. The molecule has 8 rings (SSSR count). The fraction of sp³-hybridized carbons (Fsp3) is 0.267. The summed E-state index contributed by atoms with van der Waals surface area (Å²) in [6.07, 6.45) is 5.42. The van der Waals surface area contributed by atoms with Gasteiger partial charge in [0.05, 0.1) is 31.7 Å². The van der Waals surface area contributed by atoms with E-state index in [0.717, 1.165) is 38.0 Å². The van der Waals surface area contributed by atoms with E-state index in [9.17, 15) is 30.3 Å². The van der Waals surface area contributed by atoms with Crippen LogP contribution in [0.1, 0.15) is 95.6 Å². The van der Waals surface area contributed by atoms with E-state index in [1.807, 2.05) is 181 Å². The number of benzene rings is 6. The number of nitrogen functional groups attached to an aromatic ring is 5. The lowest BCUT2D eigenvalue weighted by Crippen LogP contribution is -2.16. The largest absolute Gasteiger partial charge is 0.399 e. The summed E-state index contributed by atoms with van der Waals surface area (Å²) in [5, 5.41) is 33.2. The van der Waals surface area contributed by atoms with Crippen molar-refractivity contribution in [1.29, 1.82) is 0 Å². The van der Waals surface area contributed by atoms with Crippen molar-refractivity contribution in [2.24, 2.45) is 0 Å². The average Bonchev–Trinajstić information content (AvgIpc) is 4.14. The molecular weight excluding hydrogens is 1140 g/mol. The molecule has 19 heteroatoms. The lowest BCUT2D eigenvalue weighted by atomic mass is 10.2. The number of rotatable bonds is 3. The minimum Gasteiger partial charge on any atom is -0.399 e. The summed E-state index contributed by atoms with van der Waals surface area (Å²) in [5.41, 5.74) is 36.5. The zero-order valence-electron chi connectivity index (χ0n) is 49.2. The predicted molar refractivity (Wildman–Crippen MR) is 354 cm³/mol. The fourth-order valence-electron chi connectivity index (χ4n) is 4.82. The highest BCUT2D eigenvalue weighted by Gasteiger charge is 2.10. The second-order valence-corrected chi connectivity index (χ2v) is 21.1. The van der Waals surface area contributed by atoms with E-state index >= 15 is 0 Å². The van der Waals surface area contributed by atoms with Gasteiger partial charge in [-0.3, -0.25) is 30.3 Å². The molecule has 6 aromatic carbocycles. The Morgan fingerprint density at radius 1 is 0.481 bits per heavy atom. The van der Waals surface area contributed by atoms with Gasteiger partial charge < -0.3 is 38.6 Å². The van der Waals surface area contributed by atoms with Crippen LogP contribution < -0.4 is 28.7 Å². The molecule has 0 atom stereocenters. The summed E-state index contributed by atoms with van der Waals surface area (Å²) in [5.74, 6) is 2.98. The number of H-pyrrole nitrogens is 2. The van der Waals surface area contributed by atoms with Gasteiger partial charge in [-0.1, -0.05) is 151 Å². The summed E-state index contributed by atoms with van der Waals surface area (Å²) >= 11 is 6.40. The number of para-hydroxylation sites is 2. The molecule has 79 heavy (non-hydrogen) atoms. The Morgan fingerprint density at radius 3 is 1.24 bits per heavy atom. The number of aromatic amines is 2. The van der Waals surface area contributed by atoms with E-state index in [2.05, 4.69) is 79.5 Å². The number of nitro groups is 3. The number of hydrogen-bond acceptors (Lipinski definition) is 11. The molecule has 2 heterocycles. The summed E-state index contributed by atoms with van der Waals surface area (Å²) in [6, 6.07) is 40.2. The van der Waals surface area contributed by atoms with Crippen molar-refractivity contribution in [2.45, 2.75) is 110 Å². The fourth-order valence-corrected chi connectivity index (χ4v) is 5.86. The summed E-state index contributed by atoms with van der Waals surface area (Å²) in [6.45, 7) is 35.6. The summed E-state index contributed by atoms with van der Waals surface area (Å²) < 4.78 is 1.63. The molecule has 0 spiro atoms. The lowest BCUT2D eigenvalue weighted by Gasteiger charge is -2.04. The Morgan fingerprint density at radius 2 is 0.861 bits per heavy atom. The van der Waals surface area contributed by atoms with Gasteiger partial charge in [-0.05, 0) is 116 Å². The number of aromatic nitrogens is 2. The summed E-state index contributed by atoms with van der Waals surface area (Å²) in [4.78, 5) is 35.7. The number of allylic oxidation sites excluding steroid dienone is 1. The third-order valence-corrected chi connectivity index (χ3v) is 10.4. The van der Waals surface area contributed by atoms with Gasteiger partial charge in [0.2, 0.25) is 0 Å². The smallest absolute Gasteiger partial charge is 0.271 e. The maximum atomic E-state index is 10.5. The van der Waals surface area contributed by atoms with Crippen LogP contribution in [0.25, 0.3) is 21.8 Å². The topological polar surface area (TPSA) is 291 Å². The first kappa shape index (κ1) is 79.9. The van der Waals surface area contributed by atoms with Crippen molar-refractivity contribution in [2.75, 3.05) is 28.7 Å². The first-order chi connectivity index (χ1) is 37.6. The van der Waals surface area contributed by atoms with Gasteiger partial charge in [0.15, 0.2) is 0 Å². The Balaban J connectivity index is -0.000000267. The van der Waals surface area contributed by atoms with Crippen LogP contribution in [0.15, 0.2) is 174 Å². The standard InChI is InChI=1S/C11H14N2O2Si.C8H6N2O2.C8H8N2.C6H5BrN2O2.C6H6BrN.C6H7N.C3H6.6C2H6/c1-16(2,3)7-6-9-4-5-10(13(14)15)8-11(9)12;11-10(12)7-2-1-6-3-4-9-8(6)5-7;9-7-2-1-6-3-4-10-8(6)5-7;7-5-2-1-4(9(10)11)3-6(5)8;7-5-3-1-2-4-6(5)8;7-6-4-2-1-3-5-6;1-3-2;6*1-2/h4-5,8H,12H2,1-3H3;1-5,9H;1-5,10H,9H2;1-3H,8H2;1-4H,8H2;1-5H,7H2;3H,1H2,2H3;6*1-2H3. The van der Waals surface area contributed by atoms with E-state index in [0.29, 0.717) is 21.4 Å². The number of halogens is 2. The molecule has 0 aliphatic heterocycles. The van der Waals surface area contributed by atoms with Crippen LogP contribution in [-0.4, -0.2) is 32.8 Å². The molecule has 432 valence electrons. The van der Waals surface area contributed by atoms with Crippen LogP contribution in [0, 0.1) is 41.8 Å². The third-order valence-electron chi connectivity index (χ3n) is 8.04. The van der Waals surface area contributed by atoms with Gasteiger partial charge >= 0.3 is 0 Å². The molecule has 8 aromatic rings. The second kappa shape index (κ2) is 49.6. The number of nitro benzene ring substituents is 3. The van der Waals surface area contributed by atoms with Crippen LogP contribution in [0.2, 0.25) is 19.6 Å².